The number of nitrogens with zero attached hydrogens (tertiary/aromatic N) is 2. The lowest BCUT2D eigenvalue weighted by molar-refractivity contribution is -0.152. The molecule has 0 saturated heterocycles. The van der Waals surface area contributed by atoms with Crippen molar-refractivity contribution >= 4 is 35.5 Å². The minimum Gasteiger partial charge on any atom is -0.504 e. The molecule has 0 unspecified atom stereocenters. The third-order valence-corrected chi connectivity index (χ3v) is 6.33. The zero-order valence-electron chi connectivity index (χ0n) is 25.7. The molecule has 0 atom stereocenters. The SMILES string of the molecule is CCC(=O)N(CCOC)CCOC(=O)CCC(=O)OCCN(CCOC(=O)CCC(C)=O)C(=O)CCc1ccc(O)c(O)c1. The highest BCUT2D eigenvalue weighted by Crippen LogP contribution is 2.25. The monoisotopic (exact) mass is 624 g/mol. The summed E-state index contributed by atoms with van der Waals surface area (Å²) >= 11 is 0. The van der Waals surface area contributed by atoms with E-state index in [1.165, 1.54) is 36.0 Å². The summed E-state index contributed by atoms with van der Waals surface area (Å²) in [5.74, 6) is -3.05. The van der Waals surface area contributed by atoms with Gasteiger partial charge in [0.15, 0.2) is 11.5 Å². The van der Waals surface area contributed by atoms with E-state index in [1.54, 1.807) is 13.0 Å². The Hall–Kier alpha value is -4.20. The van der Waals surface area contributed by atoms with Gasteiger partial charge in [0.25, 0.3) is 0 Å². The summed E-state index contributed by atoms with van der Waals surface area (Å²) in [6.45, 7) is 3.69. The summed E-state index contributed by atoms with van der Waals surface area (Å²) in [5.41, 5.74) is 0.613. The lowest BCUT2D eigenvalue weighted by atomic mass is 10.1. The van der Waals surface area contributed by atoms with Crippen LogP contribution in [-0.4, -0.2) is 115 Å². The lowest BCUT2D eigenvalue weighted by Gasteiger charge is -2.22. The van der Waals surface area contributed by atoms with Crippen molar-refractivity contribution in [2.24, 2.45) is 0 Å². The van der Waals surface area contributed by atoms with Crippen molar-refractivity contribution in [2.45, 2.75) is 58.8 Å². The molecule has 2 N–H and O–H groups in total. The van der Waals surface area contributed by atoms with Crippen molar-refractivity contribution in [3.05, 3.63) is 23.8 Å². The third kappa shape index (κ3) is 16.4. The largest absolute Gasteiger partial charge is 0.504 e. The number of hydrogen-bond acceptors (Lipinski definition) is 12. The van der Waals surface area contributed by atoms with E-state index in [1.807, 2.05) is 0 Å². The zero-order valence-corrected chi connectivity index (χ0v) is 25.7. The Bertz CT molecular complexity index is 1110. The number of benzene rings is 1. The van der Waals surface area contributed by atoms with Gasteiger partial charge in [-0.1, -0.05) is 13.0 Å². The van der Waals surface area contributed by atoms with Crippen LogP contribution in [0.3, 0.4) is 0 Å². The Morgan fingerprint density at radius 1 is 0.659 bits per heavy atom. The Labute approximate surface area is 257 Å². The molecule has 0 heterocycles. The normalized spacial score (nSPS) is 10.5. The molecule has 0 aliphatic carbocycles. The standard InChI is InChI=1S/C30H44N2O12/c1-4-26(36)31(13-17-41-3)14-18-43-29(39)11-12-30(40)44-20-16-32(15-19-42-28(38)10-5-22(2)33)27(37)9-7-23-6-8-24(34)25(35)21-23/h6,8,21,34-35H,4-5,7,9-20H2,1-3H3. The van der Waals surface area contributed by atoms with E-state index in [4.69, 9.17) is 18.9 Å². The molecule has 0 saturated carbocycles. The Morgan fingerprint density at radius 3 is 1.59 bits per heavy atom. The molecule has 0 radical (unpaired) electrons. The molecule has 44 heavy (non-hydrogen) atoms. The first kappa shape index (κ1) is 37.8. The maximum atomic E-state index is 12.9. The number of aromatic hydroxyl groups is 2. The molecule has 2 amide bonds. The molecule has 14 nitrogen and oxygen atoms in total. The zero-order chi connectivity index (χ0) is 32.9. The van der Waals surface area contributed by atoms with Crippen LogP contribution in [0.2, 0.25) is 0 Å². The summed E-state index contributed by atoms with van der Waals surface area (Å²) in [5, 5.41) is 19.2. The van der Waals surface area contributed by atoms with Gasteiger partial charge in [-0.2, -0.15) is 0 Å². The molecule has 14 heteroatoms. The first-order valence-electron chi connectivity index (χ1n) is 14.5. The number of methoxy groups -OCH3 is 1. The fourth-order valence-electron chi connectivity index (χ4n) is 3.79. The van der Waals surface area contributed by atoms with Gasteiger partial charge in [0.1, 0.15) is 25.6 Å². The number of rotatable bonds is 22. The molecule has 1 aromatic rings. The van der Waals surface area contributed by atoms with E-state index in [9.17, 15) is 39.0 Å². The fraction of sp³-hybridized carbons (Fsp3) is 0.600. The van der Waals surface area contributed by atoms with Crippen LogP contribution < -0.4 is 0 Å². The number of phenols is 2. The second-order valence-electron chi connectivity index (χ2n) is 9.79. The van der Waals surface area contributed by atoms with Crippen molar-refractivity contribution in [2.75, 3.05) is 59.7 Å². The van der Waals surface area contributed by atoms with Crippen molar-refractivity contribution in [3.8, 4) is 11.5 Å². The average molecular weight is 625 g/mol. The van der Waals surface area contributed by atoms with Gasteiger partial charge in [-0.3, -0.25) is 24.0 Å². The van der Waals surface area contributed by atoms with Crippen LogP contribution in [0.1, 0.15) is 57.9 Å². The molecular weight excluding hydrogens is 580 g/mol. The van der Waals surface area contributed by atoms with Gasteiger partial charge in [-0.05, 0) is 31.0 Å². The van der Waals surface area contributed by atoms with Crippen LogP contribution in [0, 0.1) is 0 Å². The van der Waals surface area contributed by atoms with E-state index < -0.39 is 17.9 Å². The minimum absolute atomic E-state index is 0.0103. The number of carbonyl (C=O) groups excluding carboxylic acids is 6. The van der Waals surface area contributed by atoms with E-state index >= 15 is 0 Å². The predicted octanol–water partition coefficient (Wildman–Crippen LogP) is 1.52. The van der Waals surface area contributed by atoms with Gasteiger partial charge in [0, 0.05) is 32.9 Å². The summed E-state index contributed by atoms with van der Waals surface area (Å²) < 4.78 is 20.4. The molecule has 1 rings (SSSR count). The fourth-order valence-corrected chi connectivity index (χ4v) is 3.79. The maximum Gasteiger partial charge on any atom is 0.306 e. The quantitative estimate of drug-likeness (QED) is 0.108. The summed E-state index contributed by atoms with van der Waals surface area (Å²) in [4.78, 5) is 74.9. The predicted molar refractivity (Wildman–Crippen MR) is 155 cm³/mol. The smallest absolute Gasteiger partial charge is 0.306 e. The first-order chi connectivity index (χ1) is 21.0. The van der Waals surface area contributed by atoms with Crippen molar-refractivity contribution in [3.63, 3.8) is 0 Å². The number of hydrogen-bond donors (Lipinski definition) is 2. The summed E-state index contributed by atoms with van der Waals surface area (Å²) in [6, 6.07) is 4.23. The highest BCUT2D eigenvalue weighted by atomic mass is 16.5. The van der Waals surface area contributed by atoms with Crippen molar-refractivity contribution < 1.29 is 57.9 Å². The van der Waals surface area contributed by atoms with Crippen molar-refractivity contribution in [1.82, 2.24) is 9.80 Å². The second kappa shape index (κ2) is 21.5. The van der Waals surface area contributed by atoms with Crippen molar-refractivity contribution in [1.29, 1.82) is 0 Å². The summed E-state index contributed by atoms with van der Waals surface area (Å²) in [7, 11) is 1.52. The number of phenolic OH excluding ortho intramolecular Hbond substituents is 2. The Balaban J connectivity index is 2.53. The van der Waals surface area contributed by atoms with Crippen LogP contribution in [-0.2, 0) is 54.1 Å². The van der Waals surface area contributed by atoms with Gasteiger partial charge in [0.05, 0.1) is 45.5 Å². The minimum atomic E-state index is -0.674. The molecule has 1 aromatic carbocycles. The highest BCUT2D eigenvalue weighted by Gasteiger charge is 2.17. The number of esters is 3. The Kier molecular flexibility index (Phi) is 18.5. The number of aryl methyl sites for hydroxylation is 1. The second-order valence-corrected chi connectivity index (χ2v) is 9.79. The number of ether oxygens (including phenoxy) is 4. The van der Waals surface area contributed by atoms with E-state index in [0.29, 0.717) is 25.1 Å². The molecule has 0 spiro atoms. The van der Waals surface area contributed by atoms with Gasteiger partial charge in [-0.25, -0.2) is 0 Å². The lowest BCUT2D eigenvalue weighted by Crippen LogP contribution is -2.37. The molecule has 0 aliphatic heterocycles. The first-order valence-corrected chi connectivity index (χ1v) is 14.5. The van der Waals surface area contributed by atoms with Crippen LogP contribution >= 0.6 is 0 Å². The van der Waals surface area contributed by atoms with E-state index in [2.05, 4.69) is 0 Å². The molecule has 0 aromatic heterocycles. The molecule has 0 aliphatic rings. The Morgan fingerprint density at radius 2 is 1.14 bits per heavy atom. The topological polar surface area (TPSA) is 186 Å². The number of carbonyl (C=O) groups is 6. The van der Waals surface area contributed by atoms with Gasteiger partial charge in [-0.15, -0.1) is 0 Å². The van der Waals surface area contributed by atoms with Crippen LogP contribution in [0.15, 0.2) is 18.2 Å². The summed E-state index contributed by atoms with van der Waals surface area (Å²) in [6.07, 6.45) is 0.0899. The number of Topliss-reactive ketones (excluding diaryl/α,β-unsaturated/α-hetero) is 1. The maximum absolute atomic E-state index is 12.9. The average Bonchev–Trinajstić information content (AvgIpc) is 2.99. The van der Waals surface area contributed by atoms with Gasteiger partial charge >= 0.3 is 17.9 Å². The number of amides is 2. The van der Waals surface area contributed by atoms with Gasteiger partial charge < -0.3 is 43.8 Å². The van der Waals surface area contributed by atoms with Crippen LogP contribution in [0.4, 0.5) is 0 Å². The highest BCUT2D eigenvalue weighted by molar-refractivity contribution is 5.81. The van der Waals surface area contributed by atoms with Crippen LogP contribution in [0.25, 0.3) is 0 Å². The number of ketones is 1. The van der Waals surface area contributed by atoms with Gasteiger partial charge in [0.2, 0.25) is 11.8 Å². The molecule has 0 fully saturated rings. The van der Waals surface area contributed by atoms with E-state index in [0.717, 1.165) is 0 Å². The molecule has 0 bridgehead atoms. The third-order valence-electron chi connectivity index (χ3n) is 6.33. The van der Waals surface area contributed by atoms with Crippen LogP contribution in [0.5, 0.6) is 11.5 Å². The molecule has 246 valence electrons. The van der Waals surface area contributed by atoms with E-state index in [-0.39, 0.29) is 107 Å². The molecular formula is C30H44N2O12.